The molecule has 0 saturated heterocycles. The summed E-state index contributed by atoms with van der Waals surface area (Å²) in [6.45, 7) is 4.40. The molecule has 158 valence electrons. The van der Waals surface area contributed by atoms with Crippen LogP contribution in [0.4, 0.5) is 5.69 Å². The van der Waals surface area contributed by atoms with Crippen molar-refractivity contribution in [1.82, 2.24) is 9.47 Å². The van der Waals surface area contributed by atoms with Gasteiger partial charge in [0.2, 0.25) is 0 Å². The number of rotatable bonds is 4. The summed E-state index contributed by atoms with van der Waals surface area (Å²) in [5.74, 6) is 0. The van der Waals surface area contributed by atoms with E-state index in [-0.39, 0.29) is 16.1 Å². The Hall–Kier alpha value is -1.45. The van der Waals surface area contributed by atoms with E-state index in [4.69, 9.17) is 0 Å². The van der Waals surface area contributed by atoms with Gasteiger partial charge in [-0.15, -0.1) is 0 Å². The molecule has 1 aliphatic carbocycles. The largest absolute Gasteiger partial charge is 0.346 e. The normalized spacial score (nSPS) is 19.3. The first-order valence-corrected chi connectivity index (χ1v) is 12.1. The molecule has 1 heterocycles. The highest BCUT2D eigenvalue weighted by Gasteiger charge is 2.39. The summed E-state index contributed by atoms with van der Waals surface area (Å²) < 4.78 is 3.82. The Morgan fingerprint density at radius 3 is 2.53 bits per heavy atom. The molecule has 1 aliphatic rings. The summed E-state index contributed by atoms with van der Waals surface area (Å²) in [7, 11) is 4.35. The average Bonchev–Trinajstić information content (AvgIpc) is 3.00. The molecule has 30 heavy (non-hydrogen) atoms. The molecule has 0 bridgehead atoms. The fourth-order valence-electron chi connectivity index (χ4n) is 4.75. The van der Waals surface area contributed by atoms with E-state index in [1.807, 2.05) is 12.1 Å². The third-order valence-electron chi connectivity index (χ3n) is 6.77. The van der Waals surface area contributed by atoms with Crippen molar-refractivity contribution in [2.24, 2.45) is 7.05 Å². The molecule has 4 rings (SSSR count). The summed E-state index contributed by atoms with van der Waals surface area (Å²) >= 11 is 6.23. The number of fused-ring (bicyclic) bond motifs is 3. The molecule has 5 nitrogen and oxygen atoms in total. The smallest absolute Gasteiger partial charge is 0.269 e. The Balaban J connectivity index is 1.68. The zero-order chi connectivity index (χ0) is 21.8. The molecule has 2 atom stereocenters. The van der Waals surface area contributed by atoms with Gasteiger partial charge in [0.1, 0.15) is 0 Å². The van der Waals surface area contributed by atoms with Crippen LogP contribution >= 0.6 is 38.5 Å². The fraction of sp³-hybridized carbons (Fsp3) is 0.391. The SMILES string of the molecule is CN([C@@H]1CCc2c(n(C)c3ccc(Br)cc23)[C@@H]1I)C(C)(C)c1ccc([N+](=O)[O-])cc1. The number of aryl methyl sites for hydroxylation is 2. The molecule has 0 aliphatic heterocycles. The number of alkyl halides is 1. The minimum Gasteiger partial charge on any atom is -0.346 e. The van der Waals surface area contributed by atoms with Gasteiger partial charge in [-0.2, -0.15) is 0 Å². The minimum absolute atomic E-state index is 0.132. The van der Waals surface area contributed by atoms with E-state index < -0.39 is 0 Å². The Labute approximate surface area is 198 Å². The van der Waals surface area contributed by atoms with Crippen molar-refractivity contribution in [3.63, 3.8) is 0 Å². The topological polar surface area (TPSA) is 51.3 Å². The predicted molar refractivity (Wildman–Crippen MR) is 133 cm³/mol. The fourth-order valence-corrected chi connectivity index (χ4v) is 6.74. The summed E-state index contributed by atoms with van der Waals surface area (Å²) in [6.07, 6.45) is 2.13. The number of benzene rings is 2. The van der Waals surface area contributed by atoms with Crippen LogP contribution < -0.4 is 0 Å². The molecule has 0 spiro atoms. The summed E-state index contributed by atoms with van der Waals surface area (Å²) in [5, 5.41) is 12.4. The van der Waals surface area contributed by atoms with E-state index in [0.717, 1.165) is 22.9 Å². The average molecular weight is 582 g/mol. The molecule has 7 heteroatoms. The molecule has 0 unspecified atom stereocenters. The number of non-ortho nitro benzene ring substituents is 1. The van der Waals surface area contributed by atoms with Crippen LogP contribution in [0, 0.1) is 10.1 Å². The van der Waals surface area contributed by atoms with Gasteiger partial charge in [-0.05, 0) is 63.1 Å². The van der Waals surface area contributed by atoms with E-state index in [1.54, 1.807) is 12.1 Å². The van der Waals surface area contributed by atoms with Gasteiger partial charge in [-0.1, -0.05) is 50.7 Å². The van der Waals surface area contributed by atoms with Gasteiger partial charge in [0.15, 0.2) is 0 Å². The predicted octanol–water partition coefficient (Wildman–Crippen LogP) is 6.51. The zero-order valence-electron chi connectivity index (χ0n) is 17.5. The monoisotopic (exact) mass is 581 g/mol. The lowest BCUT2D eigenvalue weighted by molar-refractivity contribution is -0.384. The van der Waals surface area contributed by atoms with Gasteiger partial charge < -0.3 is 4.57 Å². The maximum atomic E-state index is 11.0. The summed E-state index contributed by atoms with van der Waals surface area (Å²) in [6, 6.07) is 13.9. The number of nitro benzene ring substituents is 1. The number of hydrogen-bond donors (Lipinski definition) is 0. The van der Waals surface area contributed by atoms with Crippen molar-refractivity contribution < 1.29 is 4.92 Å². The number of nitro groups is 1. The molecule has 0 N–H and O–H groups in total. The van der Waals surface area contributed by atoms with E-state index in [0.29, 0.717) is 9.97 Å². The van der Waals surface area contributed by atoms with E-state index >= 15 is 0 Å². The number of nitrogens with zero attached hydrogens (tertiary/aromatic N) is 3. The first-order valence-electron chi connectivity index (χ1n) is 10.0. The molecule has 0 amide bonds. The summed E-state index contributed by atoms with van der Waals surface area (Å²) in [5.41, 5.74) is 5.13. The van der Waals surface area contributed by atoms with Crippen LogP contribution in [-0.4, -0.2) is 27.5 Å². The third-order valence-corrected chi connectivity index (χ3v) is 8.68. The Kier molecular flexibility index (Phi) is 5.74. The molecule has 2 aromatic carbocycles. The van der Waals surface area contributed by atoms with Gasteiger partial charge in [0.05, 0.1) is 8.85 Å². The summed E-state index contributed by atoms with van der Waals surface area (Å²) in [4.78, 5) is 13.1. The molecule has 0 radical (unpaired) electrons. The Bertz CT molecular complexity index is 1120. The quantitative estimate of drug-likeness (QED) is 0.153. The van der Waals surface area contributed by atoms with Crippen LogP contribution in [0.15, 0.2) is 46.9 Å². The highest BCUT2D eigenvalue weighted by Crippen LogP contribution is 2.46. The second-order valence-corrected chi connectivity index (χ2v) is 10.8. The second-order valence-electron chi connectivity index (χ2n) is 8.57. The zero-order valence-corrected chi connectivity index (χ0v) is 21.3. The van der Waals surface area contributed by atoms with Crippen molar-refractivity contribution in [2.75, 3.05) is 7.05 Å². The lowest BCUT2D eigenvalue weighted by Gasteiger charge is -2.45. The van der Waals surface area contributed by atoms with Crippen molar-refractivity contribution in [3.05, 3.63) is 73.9 Å². The molecule has 0 fully saturated rings. The number of halogens is 2. The van der Waals surface area contributed by atoms with Crippen LogP contribution in [0.25, 0.3) is 10.9 Å². The van der Waals surface area contributed by atoms with Crippen LogP contribution in [0.1, 0.15) is 41.0 Å². The van der Waals surface area contributed by atoms with Crippen LogP contribution in [0.3, 0.4) is 0 Å². The minimum atomic E-state index is -0.345. The van der Waals surface area contributed by atoms with Crippen molar-refractivity contribution >= 4 is 55.1 Å². The lowest BCUT2D eigenvalue weighted by Crippen LogP contribution is -2.48. The third kappa shape index (κ3) is 3.48. The highest BCUT2D eigenvalue weighted by atomic mass is 127. The Morgan fingerprint density at radius 2 is 1.90 bits per heavy atom. The molecule has 1 aromatic heterocycles. The van der Waals surface area contributed by atoms with Gasteiger partial charge >= 0.3 is 0 Å². The lowest BCUT2D eigenvalue weighted by atomic mass is 9.85. The second kappa shape index (κ2) is 7.91. The number of aromatic nitrogens is 1. The van der Waals surface area contributed by atoms with Gasteiger partial charge in [-0.3, -0.25) is 15.0 Å². The van der Waals surface area contributed by atoms with E-state index in [2.05, 4.69) is 94.1 Å². The molecule has 0 saturated carbocycles. The van der Waals surface area contributed by atoms with Crippen molar-refractivity contribution in [2.45, 2.75) is 42.2 Å². The van der Waals surface area contributed by atoms with Crippen LogP contribution in [-0.2, 0) is 19.0 Å². The van der Waals surface area contributed by atoms with Crippen molar-refractivity contribution in [1.29, 1.82) is 0 Å². The Morgan fingerprint density at radius 1 is 1.23 bits per heavy atom. The molecular formula is C23H25BrIN3O2. The van der Waals surface area contributed by atoms with E-state index in [1.165, 1.54) is 22.2 Å². The van der Waals surface area contributed by atoms with Crippen LogP contribution in [0.5, 0.6) is 0 Å². The standard InChI is InChI=1S/C23H25BrIN3O2/c1-23(2,14-5-8-16(9-6-14)28(29)30)27(4)20-12-10-17-18-13-15(24)7-11-19(18)26(3)22(17)21(20)25/h5-9,11,13,20-21H,10,12H2,1-4H3/t20-,21-/m1/s1. The van der Waals surface area contributed by atoms with Gasteiger partial charge in [0.25, 0.3) is 5.69 Å². The number of hydrogen-bond acceptors (Lipinski definition) is 3. The van der Waals surface area contributed by atoms with Gasteiger partial charge in [-0.25, -0.2) is 0 Å². The maximum absolute atomic E-state index is 11.0. The molecular weight excluding hydrogens is 557 g/mol. The molecule has 3 aromatic rings. The van der Waals surface area contributed by atoms with Crippen LogP contribution in [0.2, 0.25) is 0 Å². The van der Waals surface area contributed by atoms with Crippen molar-refractivity contribution in [3.8, 4) is 0 Å². The first kappa shape index (κ1) is 21.8. The number of likely N-dealkylation sites (N-methyl/N-ethyl adjacent to an activating group) is 1. The first-order chi connectivity index (χ1) is 14.1. The highest BCUT2D eigenvalue weighted by molar-refractivity contribution is 14.1. The van der Waals surface area contributed by atoms with Gasteiger partial charge in [0, 0.05) is 51.8 Å². The maximum Gasteiger partial charge on any atom is 0.269 e. The van der Waals surface area contributed by atoms with E-state index in [9.17, 15) is 10.1 Å².